The van der Waals surface area contributed by atoms with Gasteiger partial charge in [0.05, 0.1) is 11.6 Å². The van der Waals surface area contributed by atoms with Crippen molar-refractivity contribution in [2.75, 3.05) is 18.4 Å². The summed E-state index contributed by atoms with van der Waals surface area (Å²) in [5.41, 5.74) is 1.75. The van der Waals surface area contributed by atoms with Gasteiger partial charge in [-0.05, 0) is 43.7 Å². The molecule has 0 aliphatic carbocycles. The first-order chi connectivity index (χ1) is 9.83. The summed E-state index contributed by atoms with van der Waals surface area (Å²) in [4.78, 5) is 12.2. The molecular weight excluding hydrogens is 252 g/mol. The number of rotatable bonds is 3. The van der Waals surface area contributed by atoms with Gasteiger partial charge in [-0.3, -0.25) is 4.79 Å². The summed E-state index contributed by atoms with van der Waals surface area (Å²) in [5, 5.41) is 10.4. The normalized spacial score (nSPS) is 18.7. The van der Waals surface area contributed by atoms with Crippen LogP contribution in [0.4, 0.5) is 5.69 Å². The highest BCUT2D eigenvalue weighted by Crippen LogP contribution is 2.17. The van der Waals surface area contributed by atoms with Crippen LogP contribution in [-0.4, -0.2) is 28.8 Å². The lowest BCUT2D eigenvalue weighted by molar-refractivity contribution is -0.120. The second-order valence-electron chi connectivity index (χ2n) is 5.03. The Morgan fingerprint density at radius 1 is 1.40 bits per heavy atom. The topological polar surface area (TPSA) is 59.0 Å². The number of aromatic nitrogens is 2. The van der Waals surface area contributed by atoms with E-state index in [1.807, 2.05) is 36.5 Å². The molecule has 1 aromatic heterocycles. The van der Waals surface area contributed by atoms with Crippen molar-refractivity contribution in [3.05, 3.63) is 42.7 Å². The Kier molecular flexibility index (Phi) is 3.78. The summed E-state index contributed by atoms with van der Waals surface area (Å²) < 4.78 is 1.78. The third kappa shape index (κ3) is 2.88. The van der Waals surface area contributed by atoms with Crippen molar-refractivity contribution in [3.63, 3.8) is 0 Å². The number of piperidine rings is 1. The van der Waals surface area contributed by atoms with Crippen LogP contribution in [0.2, 0.25) is 0 Å². The largest absolute Gasteiger partial charge is 0.326 e. The zero-order valence-corrected chi connectivity index (χ0v) is 11.2. The van der Waals surface area contributed by atoms with Crippen molar-refractivity contribution in [3.8, 4) is 5.69 Å². The molecule has 0 bridgehead atoms. The van der Waals surface area contributed by atoms with E-state index in [1.165, 1.54) is 0 Å². The zero-order valence-electron chi connectivity index (χ0n) is 11.2. The number of nitrogens with zero attached hydrogens (tertiary/aromatic N) is 2. The minimum absolute atomic E-state index is 0.0668. The van der Waals surface area contributed by atoms with Gasteiger partial charge in [-0.1, -0.05) is 6.07 Å². The summed E-state index contributed by atoms with van der Waals surface area (Å²) >= 11 is 0. The summed E-state index contributed by atoms with van der Waals surface area (Å²) in [6, 6.07) is 9.60. The molecular formula is C15H18N4O. The Morgan fingerprint density at radius 2 is 2.35 bits per heavy atom. The molecule has 104 valence electrons. The molecule has 2 N–H and O–H groups in total. The maximum absolute atomic E-state index is 12.2. The Labute approximate surface area is 118 Å². The smallest absolute Gasteiger partial charge is 0.228 e. The second-order valence-corrected chi connectivity index (χ2v) is 5.03. The quantitative estimate of drug-likeness (QED) is 0.894. The van der Waals surface area contributed by atoms with E-state index in [0.717, 1.165) is 37.3 Å². The van der Waals surface area contributed by atoms with Gasteiger partial charge < -0.3 is 10.6 Å². The van der Waals surface area contributed by atoms with Crippen LogP contribution in [-0.2, 0) is 4.79 Å². The molecule has 0 radical (unpaired) electrons. The van der Waals surface area contributed by atoms with E-state index in [-0.39, 0.29) is 11.8 Å². The molecule has 1 aliphatic heterocycles. The van der Waals surface area contributed by atoms with Gasteiger partial charge in [0.25, 0.3) is 0 Å². The minimum Gasteiger partial charge on any atom is -0.326 e. The third-order valence-electron chi connectivity index (χ3n) is 3.55. The molecule has 1 atom stereocenters. The molecule has 0 spiro atoms. The highest BCUT2D eigenvalue weighted by Gasteiger charge is 2.20. The Hall–Kier alpha value is -2.14. The lowest BCUT2D eigenvalue weighted by Crippen LogP contribution is -2.37. The molecule has 1 aliphatic rings. The molecule has 2 aromatic rings. The molecule has 2 heterocycles. The first kappa shape index (κ1) is 12.9. The molecule has 0 saturated carbocycles. The maximum atomic E-state index is 12.2. The molecule has 1 aromatic carbocycles. The van der Waals surface area contributed by atoms with E-state index in [2.05, 4.69) is 15.7 Å². The van der Waals surface area contributed by atoms with Gasteiger partial charge in [-0.2, -0.15) is 5.10 Å². The molecule has 20 heavy (non-hydrogen) atoms. The van der Waals surface area contributed by atoms with E-state index in [0.29, 0.717) is 0 Å². The number of amides is 1. The Balaban J connectivity index is 1.71. The van der Waals surface area contributed by atoms with Crippen molar-refractivity contribution in [2.24, 2.45) is 5.92 Å². The number of hydrogen-bond donors (Lipinski definition) is 2. The van der Waals surface area contributed by atoms with Crippen LogP contribution >= 0.6 is 0 Å². The van der Waals surface area contributed by atoms with Gasteiger partial charge in [0.2, 0.25) is 5.91 Å². The lowest BCUT2D eigenvalue weighted by atomic mass is 9.99. The number of carbonyl (C=O) groups is 1. The fourth-order valence-electron chi connectivity index (χ4n) is 2.47. The van der Waals surface area contributed by atoms with Gasteiger partial charge in [-0.25, -0.2) is 4.68 Å². The van der Waals surface area contributed by atoms with Crippen LogP contribution in [0.25, 0.3) is 5.69 Å². The van der Waals surface area contributed by atoms with E-state index in [9.17, 15) is 4.79 Å². The maximum Gasteiger partial charge on any atom is 0.228 e. The molecule has 5 heteroatoms. The number of anilines is 1. The first-order valence-corrected chi connectivity index (χ1v) is 6.94. The highest BCUT2D eigenvalue weighted by atomic mass is 16.1. The Bertz CT molecular complexity index is 573. The predicted molar refractivity (Wildman–Crippen MR) is 77.8 cm³/mol. The fourth-order valence-corrected chi connectivity index (χ4v) is 2.47. The van der Waals surface area contributed by atoms with Crippen molar-refractivity contribution in [1.82, 2.24) is 15.1 Å². The summed E-state index contributed by atoms with van der Waals surface area (Å²) in [6.07, 6.45) is 5.63. The van der Waals surface area contributed by atoms with Crippen molar-refractivity contribution >= 4 is 11.6 Å². The van der Waals surface area contributed by atoms with E-state index >= 15 is 0 Å². The number of nitrogens with one attached hydrogen (secondary N) is 2. The minimum atomic E-state index is 0.0668. The van der Waals surface area contributed by atoms with Crippen LogP contribution in [0.5, 0.6) is 0 Å². The average Bonchev–Trinajstić information content (AvgIpc) is 3.03. The monoisotopic (exact) mass is 270 g/mol. The van der Waals surface area contributed by atoms with Crippen LogP contribution in [0.15, 0.2) is 42.7 Å². The third-order valence-corrected chi connectivity index (χ3v) is 3.55. The number of hydrogen-bond acceptors (Lipinski definition) is 3. The van der Waals surface area contributed by atoms with Crippen molar-refractivity contribution in [1.29, 1.82) is 0 Å². The van der Waals surface area contributed by atoms with Gasteiger partial charge in [0.1, 0.15) is 0 Å². The second kappa shape index (κ2) is 5.88. The summed E-state index contributed by atoms with van der Waals surface area (Å²) in [7, 11) is 0. The number of carbonyl (C=O) groups excluding carboxylic acids is 1. The molecule has 5 nitrogen and oxygen atoms in total. The summed E-state index contributed by atoms with van der Waals surface area (Å²) in [5.74, 6) is 0.159. The Morgan fingerprint density at radius 3 is 3.10 bits per heavy atom. The summed E-state index contributed by atoms with van der Waals surface area (Å²) in [6.45, 7) is 1.78. The van der Waals surface area contributed by atoms with Gasteiger partial charge in [0.15, 0.2) is 0 Å². The van der Waals surface area contributed by atoms with Gasteiger partial charge >= 0.3 is 0 Å². The number of benzene rings is 1. The van der Waals surface area contributed by atoms with Crippen molar-refractivity contribution < 1.29 is 4.79 Å². The van der Waals surface area contributed by atoms with Crippen LogP contribution < -0.4 is 10.6 Å². The molecule has 3 rings (SSSR count). The fraction of sp³-hybridized carbons (Fsp3) is 0.333. The van der Waals surface area contributed by atoms with Crippen LogP contribution in [0.1, 0.15) is 12.8 Å². The van der Waals surface area contributed by atoms with Crippen LogP contribution in [0.3, 0.4) is 0 Å². The molecule has 1 saturated heterocycles. The first-order valence-electron chi connectivity index (χ1n) is 6.94. The predicted octanol–water partition coefficient (Wildman–Crippen LogP) is 1.81. The van der Waals surface area contributed by atoms with Crippen molar-refractivity contribution in [2.45, 2.75) is 12.8 Å². The average molecular weight is 270 g/mol. The molecule has 1 fully saturated rings. The van der Waals surface area contributed by atoms with E-state index < -0.39 is 0 Å². The van der Waals surface area contributed by atoms with E-state index in [1.54, 1.807) is 10.9 Å². The van der Waals surface area contributed by atoms with Gasteiger partial charge in [-0.15, -0.1) is 0 Å². The standard InChI is InChI=1S/C15H18N4O/c20-15(12-4-2-7-16-11-12)18-13-5-1-6-14(10-13)19-9-3-8-17-19/h1,3,5-6,8-10,12,16H,2,4,7,11H2,(H,18,20)/t12-/m1/s1. The zero-order chi connectivity index (χ0) is 13.8. The van der Waals surface area contributed by atoms with E-state index in [4.69, 9.17) is 0 Å². The van der Waals surface area contributed by atoms with Gasteiger partial charge in [0, 0.05) is 24.6 Å². The molecule has 1 amide bonds. The lowest BCUT2D eigenvalue weighted by Gasteiger charge is -2.22. The molecule has 0 unspecified atom stereocenters. The SMILES string of the molecule is O=C(Nc1cccc(-n2cccn2)c1)[C@@H]1CCCNC1. The van der Waals surface area contributed by atoms with Crippen LogP contribution in [0, 0.1) is 5.92 Å². The highest BCUT2D eigenvalue weighted by molar-refractivity contribution is 5.93.